The van der Waals surface area contributed by atoms with Crippen molar-refractivity contribution in [3.8, 4) is 11.1 Å². The number of amides is 1. The first-order chi connectivity index (χ1) is 15.4. The van der Waals surface area contributed by atoms with E-state index in [0.29, 0.717) is 5.56 Å². The van der Waals surface area contributed by atoms with Crippen molar-refractivity contribution >= 4 is 6.09 Å². The molecule has 1 aliphatic carbocycles. The molecule has 3 aromatic carbocycles. The van der Waals surface area contributed by atoms with Gasteiger partial charge in [-0.15, -0.1) is 0 Å². The molecule has 2 unspecified atom stereocenters. The van der Waals surface area contributed by atoms with Gasteiger partial charge in [0.25, 0.3) is 0 Å². The number of hydrogen-bond donors (Lipinski definition) is 3. The fraction of sp³-hybridized carbons (Fsp3) is 0.296. The molecule has 1 amide bonds. The number of alkyl carbamates (subject to hydrolysis) is 1. The minimum atomic E-state index is -1.04. The van der Waals surface area contributed by atoms with Gasteiger partial charge >= 0.3 is 6.09 Å². The van der Waals surface area contributed by atoms with Crippen molar-refractivity contribution in [3.63, 3.8) is 0 Å². The standard InChI is InChI=1S/C27H29NO4/c1-27(2)22-11-7-6-10-20(22)21-13-12-19(16-23(21)27)25(30)24(29)14-15-28-26(31)32-17-18-8-4-3-5-9-18/h3-13,16,24-25,29-30H,14-15,17H2,1-2H3,(H,28,31). The fourth-order valence-electron chi connectivity index (χ4n) is 4.38. The molecule has 0 aromatic heterocycles. The van der Waals surface area contributed by atoms with E-state index in [9.17, 15) is 15.0 Å². The van der Waals surface area contributed by atoms with E-state index in [1.807, 2.05) is 60.7 Å². The minimum Gasteiger partial charge on any atom is -0.445 e. The molecule has 1 aliphatic rings. The van der Waals surface area contributed by atoms with E-state index in [0.717, 1.165) is 11.1 Å². The van der Waals surface area contributed by atoms with E-state index in [1.165, 1.54) is 16.7 Å². The normalized spacial score (nSPS) is 15.4. The number of fused-ring (bicyclic) bond motifs is 3. The summed E-state index contributed by atoms with van der Waals surface area (Å²) in [6.45, 7) is 4.74. The first-order valence-electron chi connectivity index (χ1n) is 10.9. The maximum Gasteiger partial charge on any atom is 0.407 e. The predicted octanol–water partition coefficient (Wildman–Crippen LogP) is 4.70. The Hall–Kier alpha value is -3.15. The molecule has 0 spiro atoms. The maximum atomic E-state index is 11.9. The van der Waals surface area contributed by atoms with Gasteiger partial charge in [-0.25, -0.2) is 4.79 Å². The average molecular weight is 432 g/mol. The van der Waals surface area contributed by atoms with Gasteiger partial charge < -0.3 is 20.3 Å². The predicted molar refractivity (Wildman–Crippen MR) is 124 cm³/mol. The lowest BCUT2D eigenvalue weighted by atomic mass is 9.81. The molecule has 0 radical (unpaired) electrons. The molecule has 0 saturated carbocycles. The molecule has 0 saturated heterocycles. The zero-order valence-corrected chi connectivity index (χ0v) is 18.4. The summed E-state index contributed by atoms with van der Waals surface area (Å²) in [6, 6.07) is 23.6. The summed E-state index contributed by atoms with van der Waals surface area (Å²) in [5, 5.41) is 23.9. The summed E-state index contributed by atoms with van der Waals surface area (Å²) >= 11 is 0. The Labute approximate surface area is 188 Å². The molecule has 0 bridgehead atoms. The number of rotatable bonds is 7. The Morgan fingerprint density at radius 3 is 2.41 bits per heavy atom. The van der Waals surface area contributed by atoms with E-state index >= 15 is 0 Å². The summed E-state index contributed by atoms with van der Waals surface area (Å²) in [7, 11) is 0. The molecule has 0 aliphatic heterocycles. The Morgan fingerprint density at radius 1 is 0.938 bits per heavy atom. The van der Waals surface area contributed by atoms with Crippen LogP contribution < -0.4 is 5.32 Å². The number of nitrogens with one attached hydrogen (secondary N) is 1. The average Bonchev–Trinajstić information content (AvgIpc) is 3.04. The van der Waals surface area contributed by atoms with Crippen molar-refractivity contribution in [1.82, 2.24) is 5.32 Å². The molecular weight excluding hydrogens is 402 g/mol. The summed E-state index contributed by atoms with van der Waals surface area (Å²) in [5.74, 6) is 0. The van der Waals surface area contributed by atoms with E-state index < -0.39 is 18.3 Å². The third-order valence-electron chi connectivity index (χ3n) is 6.24. The van der Waals surface area contributed by atoms with Crippen LogP contribution in [0.1, 0.15) is 48.6 Å². The first-order valence-corrected chi connectivity index (χ1v) is 10.9. The number of ether oxygens (including phenoxy) is 1. The Morgan fingerprint density at radius 2 is 1.62 bits per heavy atom. The topological polar surface area (TPSA) is 78.8 Å². The lowest BCUT2D eigenvalue weighted by Crippen LogP contribution is -2.29. The van der Waals surface area contributed by atoms with Gasteiger partial charge in [-0.1, -0.05) is 86.6 Å². The third-order valence-corrected chi connectivity index (χ3v) is 6.24. The Kier molecular flexibility index (Phi) is 6.31. The SMILES string of the molecule is CC1(C)c2ccccc2-c2ccc(C(O)C(O)CCNC(=O)OCc3ccccc3)cc21. The van der Waals surface area contributed by atoms with Gasteiger partial charge in [0.2, 0.25) is 0 Å². The van der Waals surface area contributed by atoms with Gasteiger partial charge in [-0.2, -0.15) is 0 Å². The lowest BCUT2D eigenvalue weighted by Gasteiger charge is -2.24. The van der Waals surface area contributed by atoms with Crippen molar-refractivity contribution in [3.05, 3.63) is 95.1 Å². The molecule has 4 rings (SSSR count). The summed E-state index contributed by atoms with van der Waals surface area (Å²) in [4.78, 5) is 11.9. The zero-order valence-electron chi connectivity index (χ0n) is 18.4. The van der Waals surface area contributed by atoms with E-state index in [2.05, 4.69) is 31.3 Å². The lowest BCUT2D eigenvalue weighted by molar-refractivity contribution is 0.0136. The maximum absolute atomic E-state index is 11.9. The Balaban J connectivity index is 1.33. The second-order valence-corrected chi connectivity index (χ2v) is 8.76. The molecule has 166 valence electrons. The van der Waals surface area contributed by atoms with Crippen molar-refractivity contribution in [1.29, 1.82) is 0 Å². The highest BCUT2D eigenvalue weighted by molar-refractivity contribution is 5.80. The van der Waals surface area contributed by atoms with Crippen LogP contribution in [0.4, 0.5) is 4.79 Å². The molecule has 3 aromatic rings. The second kappa shape index (κ2) is 9.15. The summed E-state index contributed by atoms with van der Waals surface area (Å²) in [5.41, 5.74) is 6.19. The number of aliphatic hydroxyl groups is 2. The van der Waals surface area contributed by atoms with Crippen molar-refractivity contribution in [2.45, 2.75) is 44.5 Å². The molecule has 2 atom stereocenters. The smallest absolute Gasteiger partial charge is 0.407 e. The zero-order chi connectivity index (χ0) is 22.7. The number of carbonyl (C=O) groups excluding carboxylic acids is 1. The number of benzene rings is 3. The van der Waals surface area contributed by atoms with Crippen LogP contribution in [0.2, 0.25) is 0 Å². The largest absolute Gasteiger partial charge is 0.445 e. The Bertz CT molecular complexity index is 1090. The van der Waals surface area contributed by atoms with Gasteiger partial charge in [0, 0.05) is 12.0 Å². The van der Waals surface area contributed by atoms with E-state index in [-0.39, 0.29) is 25.0 Å². The fourth-order valence-corrected chi connectivity index (χ4v) is 4.38. The van der Waals surface area contributed by atoms with Crippen LogP contribution in [0.3, 0.4) is 0 Å². The molecule has 0 fully saturated rings. The molecule has 5 heteroatoms. The van der Waals surface area contributed by atoms with Crippen LogP contribution in [0.25, 0.3) is 11.1 Å². The number of hydrogen-bond acceptors (Lipinski definition) is 4. The van der Waals surface area contributed by atoms with Crippen LogP contribution in [0, 0.1) is 0 Å². The van der Waals surface area contributed by atoms with Crippen LogP contribution in [-0.4, -0.2) is 29.0 Å². The third kappa shape index (κ3) is 4.40. The number of aliphatic hydroxyl groups excluding tert-OH is 2. The summed E-state index contributed by atoms with van der Waals surface area (Å²) in [6.07, 6.45) is -2.38. The van der Waals surface area contributed by atoms with Gasteiger partial charge in [0.05, 0.1) is 6.10 Å². The molecule has 3 N–H and O–H groups in total. The van der Waals surface area contributed by atoms with Crippen molar-refractivity contribution in [2.24, 2.45) is 0 Å². The molecular formula is C27H29NO4. The molecule has 0 heterocycles. The monoisotopic (exact) mass is 431 g/mol. The van der Waals surface area contributed by atoms with E-state index in [1.54, 1.807) is 0 Å². The minimum absolute atomic E-state index is 0.170. The van der Waals surface area contributed by atoms with Crippen LogP contribution in [0.15, 0.2) is 72.8 Å². The quantitative estimate of drug-likeness (QED) is 0.507. The second-order valence-electron chi connectivity index (χ2n) is 8.76. The van der Waals surface area contributed by atoms with E-state index in [4.69, 9.17) is 4.74 Å². The first kappa shape index (κ1) is 22.1. The van der Waals surface area contributed by atoms with Gasteiger partial charge in [0.15, 0.2) is 0 Å². The van der Waals surface area contributed by atoms with Gasteiger partial charge in [-0.05, 0) is 39.8 Å². The highest BCUT2D eigenvalue weighted by Crippen LogP contribution is 2.49. The van der Waals surface area contributed by atoms with Gasteiger partial charge in [-0.3, -0.25) is 0 Å². The molecule has 32 heavy (non-hydrogen) atoms. The number of carbonyl (C=O) groups is 1. The molecule has 5 nitrogen and oxygen atoms in total. The van der Waals surface area contributed by atoms with Gasteiger partial charge in [0.1, 0.15) is 12.7 Å². The van der Waals surface area contributed by atoms with Crippen molar-refractivity contribution in [2.75, 3.05) is 6.54 Å². The van der Waals surface area contributed by atoms with Crippen LogP contribution in [0.5, 0.6) is 0 Å². The summed E-state index contributed by atoms with van der Waals surface area (Å²) < 4.78 is 5.16. The van der Waals surface area contributed by atoms with Crippen LogP contribution >= 0.6 is 0 Å². The van der Waals surface area contributed by atoms with Crippen LogP contribution in [-0.2, 0) is 16.8 Å². The van der Waals surface area contributed by atoms with Crippen molar-refractivity contribution < 1.29 is 19.7 Å². The highest BCUT2D eigenvalue weighted by atomic mass is 16.5. The highest BCUT2D eigenvalue weighted by Gasteiger charge is 2.35.